The average Bonchev–Trinajstić information content (AvgIpc) is 2.67. The van der Waals surface area contributed by atoms with E-state index in [1.54, 1.807) is 25.1 Å². The highest BCUT2D eigenvalue weighted by molar-refractivity contribution is 14.0. The first kappa shape index (κ1) is 25.2. The van der Waals surface area contributed by atoms with Gasteiger partial charge < -0.3 is 15.5 Å². The van der Waals surface area contributed by atoms with Crippen LogP contribution in [0.2, 0.25) is 5.02 Å². The molecule has 0 atom stereocenters. The number of rotatable bonds is 7. The number of aliphatic imine (C=N–C) groups is 1. The third kappa shape index (κ3) is 8.18. The predicted molar refractivity (Wildman–Crippen MR) is 128 cm³/mol. The Morgan fingerprint density at radius 3 is 2.41 bits per heavy atom. The molecule has 0 aromatic heterocycles. The van der Waals surface area contributed by atoms with Crippen LogP contribution in [0, 0.1) is 5.82 Å². The lowest BCUT2D eigenvalue weighted by molar-refractivity contribution is 0.0827. The topological polar surface area (TPSA) is 56.7 Å². The van der Waals surface area contributed by atoms with Gasteiger partial charge in [-0.25, -0.2) is 9.38 Å². The fourth-order valence-electron chi connectivity index (χ4n) is 2.56. The van der Waals surface area contributed by atoms with Gasteiger partial charge in [0, 0.05) is 37.8 Å². The molecule has 5 nitrogen and oxygen atoms in total. The summed E-state index contributed by atoms with van der Waals surface area (Å²) in [7, 11) is 3.46. The van der Waals surface area contributed by atoms with Crippen molar-refractivity contribution in [2.45, 2.75) is 19.9 Å². The van der Waals surface area contributed by atoms with Gasteiger partial charge in [-0.3, -0.25) is 4.79 Å². The first-order chi connectivity index (χ1) is 13.4. The van der Waals surface area contributed by atoms with E-state index in [9.17, 15) is 9.18 Å². The van der Waals surface area contributed by atoms with E-state index in [1.165, 1.54) is 12.1 Å². The van der Waals surface area contributed by atoms with Crippen molar-refractivity contribution in [3.05, 3.63) is 70.0 Å². The van der Waals surface area contributed by atoms with E-state index in [4.69, 9.17) is 11.6 Å². The van der Waals surface area contributed by atoms with E-state index < -0.39 is 0 Å². The molecule has 2 rings (SSSR count). The molecule has 0 saturated heterocycles. The molecule has 8 heteroatoms. The summed E-state index contributed by atoms with van der Waals surface area (Å²) in [5.41, 5.74) is 2.54. The number of halogens is 3. The van der Waals surface area contributed by atoms with Gasteiger partial charge in [-0.15, -0.1) is 24.0 Å². The maximum atomic E-state index is 13.1. The fourth-order valence-corrected chi connectivity index (χ4v) is 2.82. The van der Waals surface area contributed by atoms with Gasteiger partial charge in [0.1, 0.15) is 5.82 Å². The zero-order chi connectivity index (χ0) is 20.5. The Bertz CT molecular complexity index is 828. The molecule has 1 amide bonds. The molecular formula is C21H27ClFIN4O. The van der Waals surface area contributed by atoms with Gasteiger partial charge in [0.25, 0.3) is 5.91 Å². The molecule has 2 aromatic rings. The summed E-state index contributed by atoms with van der Waals surface area (Å²) in [5, 5.41) is 6.87. The maximum Gasteiger partial charge on any atom is 0.253 e. The summed E-state index contributed by atoms with van der Waals surface area (Å²) in [6.07, 6.45) is 0.658. The van der Waals surface area contributed by atoms with Crippen molar-refractivity contribution in [2.75, 3.05) is 27.2 Å². The van der Waals surface area contributed by atoms with E-state index in [2.05, 4.69) is 15.6 Å². The lowest BCUT2D eigenvalue weighted by Gasteiger charge is -2.12. The molecular weight excluding hydrogens is 506 g/mol. The molecule has 0 fully saturated rings. The van der Waals surface area contributed by atoms with Gasteiger partial charge in [0.2, 0.25) is 0 Å². The third-order valence-electron chi connectivity index (χ3n) is 4.07. The van der Waals surface area contributed by atoms with Gasteiger partial charge in [-0.05, 0) is 48.7 Å². The standard InChI is InChI=1S/C21H26ClFN4O.HI/c1-4-24-21(25-12-11-16-9-10-18(23)13-19(16)22)26-14-15-5-7-17(8-6-15)20(28)27(2)3;/h5-10,13H,4,11-12,14H2,1-3H3,(H2,24,25,26);1H. The fraction of sp³-hybridized carbons (Fsp3) is 0.333. The second kappa shape index (κ2) is 12.6. The number of carbonyl (C=O) groups is 1. The minimum Gasteiger partial charge on any atom is -0.357 e. The molecule has 0 heterocycles. The molecule has 0 bridgehead atoms. The van der Waals surface area contributed by atoms with Gasteiger partial charge in [-0.2, -0.15) is 0 Å². The molecule has 2 aromatic carbocycles. The summed E-state index contributed by atoms with van der Waals surface area (Å²) in [6, 6.07) is 11.9. The number of hydrogen-bond donors (Lipinski definition) is 2. The highest BCUT2D eigenvalue weighted by Gasteiger charge is 2.07. The second-order valence-corrected chi connectivity index (χ2v) is 6.91. The third-order valence-corrected chi connectivity index (χ3v) is 4.42. The molecule has 0 saturated carbocycles. The van der Waals surface area contributed by atoms with Gasteiger partial charge in [-0.1, -0.05) is 29.8 Å². The Morgan fingerprint density at radius 2 is 1.83 bits per heavy atom. The minimum absolute atomic E-state index is 0. The molecule has 158 valence electrons. The Morgan fingerprint density at radius 1 is 1.14 bits per heavy atom. The molecule has 0 radical (unpaired) electrons. The molecule has 0 aliphatic heterocycles. The van der Waals surface area contributed by atoms with Gasteiger partial charge in [0.15, 0.2) is 5.96 Å². The maximum absolute atomic E-state index is 13.1. The highest BCUT2D eigenvalue weighted by atomic mass is 127. The van der Waals surface area contributed by atoms with E-state index in [0.29, 0.717) is 36.1 Å². The Kier molecular flexibility index (Phi) is 11.0. The van der Waals surface area contributed by atoms with E-state index in [-0.39, 0.29) is 35.7 Å². The number of benzene rings is 2. The summed E-state index contributed by atoms with van der Waals surface area (Å²) in [6.45, 7) is 3.84. The number of nitrogens with one attached hydrogen (secondary N) is 2. The Labute approximate surface area is 193 Å². The number of amides is 1. The van der Waals surface area contributed by atoms with Crippen LogP contribution in [0.1, 0.15) is 28.4 Å². The Hall–Kier alpha value is -1.87. The first-order valence-corrected chi connectivity index (χ1v) is 9.55. The second-order valence-electron chi connectivity index (χ2n) is 6.50. The van der Waals surface area contributed by atoms with E-state index in [1.807, 2.05) is 31.2 Å². The quantitative estimate of drug-likeness (QED) is 0.321. The Balaban J connectivity index is 0.00000420. The SMILES string of the molecule is CCNC(=NCc1ccc(C(=O)N(C)C)cc1)NCCc1ccc(F)cc1Cl.I. The van der Waals surface area contributed by atoms with Gasteiger partial charge in [0.05, 0.1) is 6.54 Å². The summed E-state index contributed by atoms with van der Waals surface area (Å²) < 4.78 is 13.1. The summed E-state index contributed by atoms with van der Waals surface area (Å²) >= 11 is 6.06. The number of carbonyl (C=O) groups excluding carboxylic acids is 1. The van der Waals surface area contributed by atoms with Crippen LogP contribution in [0.4, 0.5) is 4.39 Å². The van der Waals surface area contributed by atoms with Crippen molar-refractivity contribution in [2.24, 2.45) is 4.99 Å². The van der Waals surface area contributed by atoms with Crippen molar-refractivity contribution in [3.63, 3.8) is 0 Å². The average molecular weight is 533 g/mol. The van der Waals surface area contributed by atoms with E-state index >= 15 is 0 Å². The summed E-state index contributed by atoms with van der Waals surface area (Å²) in [5.74, 6) is 0.327. The van der Waals surface area contributed by atoms with Crippen molar-refractivity contribution in [1.82, 2.24) is 15.5 Å². The minimum atomic E-state index is -0.338. The van der Waals surface area contributed by atoms with Crippen LogP contribution in [0.15, 0.2) is 47.5 Å². The largest absolute Gasteiger partial charge is 0.357 e. The zero-order valence-corrected chi connectivity index (χ0v) is 19.9. The predicted octanol–water partition coefficient (Wildman–Crippen LogP) is 4.10. The monoisotopic (exact) mass is 532 g/mol. The summed E-state index contributed by atoms with van der Waals surface area (Å²) in [4.78, 5) is 18.0. The van der Waals surface area contributed by atoms with Gasteiger partial charge >= 0.3 is 0 Å². The zero-order valence-electron chi connectivity index (χ0n) is 16.8. The van der Waals surface area contributed by atoms with Crippen LogP contribution in [0.5, 0.6) is 0 Å². The van der Waals surface area contributed by atoms with Crippen molar-refractivity contribution in [1.29, 1.82) is 0 Å². The molecule has 2 N–H and O–H groups in total. The highest BCUT2D eigenvalue weighted by Crippen LogP contribution is 2.17. The van der Waals surface area contributed by atoms with Crippen molar-refractivity contribution in [3.8, 4) is 0 Å². The van der Waals surface area contributed by atoms with E-state index in [0.717, 1.165) is 17.7 Å². The smallest absolute Gasteiger partial charge is 0.253 e. The molecule has 0 spiro atoms. The lowest BCUT2D eigenvalue weighted by atomic mass is 10.1. The molecule has 0 aliphatic rings. The van der Waals surface area contributed by atoms with Crippen LogP contribution in [-0.2, 0) is 13.0 Å². The number of nitrogens with zero attached hydrogens (tertiary/aromatic N) is 2. The van der Waals surface area contributed by atoms with Crippen LogP contribution >= 0.6 is 35.6 Å². The van der Waals surface area contributed by atoms with Crippen molar-refractivity contribution >= 4 is 47.4 Å². The molecule has 0 aliphatic carbocycles. The molecule has 29 heavy (non-hydrogen) atoms. The van der Waals surface area contributed by atoms with Crippen LogP contribution in [-0.4, -0.2) is 44.0 Å². The number of hydrogen-bond acceptors (Lipinski definition) is 2. The normalized spacial score (nSPS) is 10.9. The van der Waals surface area contributed by atoms with Crippen LogP contribution < -0.4 is 10.6 Å². The number of guanidine groups is 1. The first-order valence-electron chi connectivity index (χ1n) is 9.17. The molecule has 0 unspecified atom stereocenters. The van der Waals surface area contributed by atoms with Crippen molar-refractivity contribution < 1.29 is 9.18 Å². The van der Waals surface area contributed by atoms with Crippen LogP contribution in [0.3, 0.4) is 0 Å². The lowest BCUT2D eigenvalue weighted by Crippen LogP contribution is -2.38. The van der Waals surface area contributed by atoms with Crippen LogP contribution in [0.25, 0.3) is 0 Å².